The molecule has 4 heterocycles. The molecular weight excluding hydrogens is 486 g/mol. The molecule has 0 bridgehead atoms. The van der Waals surface area contributed by atoms with Gasteiger partial charge in [0.2, 0.25) is 0 Å². The standard InChI is InChI=1S/C32H23N5O2/c38-32(20-7-2-1-3-8-20)33-23-10-6-9-21(17-23)26-13-14-28-30(35-26)31(37-36-28)29-18-25-24(22-15-16-39-19-22)11-4-5-12-27(25)34-29/h1-11,13-19,34H,12H2,(H,33,38)(H,36,37). The number of furan rings is 1. The SMILES string of the molecule is O=C(Nc1cccc(-c2ccc3[nH]nc(-c4cc5c([nH]4)CC=CC=C5c4ccoc4)c3n2)c1)c1ccccc1. The van der Waals surface area contributed by atoms with E-state index >= 15 is 0 Å². The van der Waals surface area contributed by atoms with Crippen LogP contribution in [-0.2, 0) is 6.42 Å². The van der Waals surface area contributed by atoms with E-state index in [1.54, 1.807) is 24.7 Å². The van der Waals surface area contributed by atoms with Crippen molar-refractivity contribution < 1.29 is 9.21 Å². The Hall–Kier alpha value is -5.43. The zero-order valence-corrected chi connectivity index (χ0v) is 20.8. The van der Waals surface area contributed by atoms with Crippen molar-refractivity contribution in [2.75, 3.05) is 5.32 Å². The fourth-order valence-electron chi connectivity index (χ4n) is 4.93. The highest BCUT2D eigenvalue weighted by molar-refractivity contribution is 6.04. The lowest BCUT2D eigenvalue weighted by molar-refractivity contribution is 0.102. The van der Waals surface area contributed by atoms with Crippen LogP contribution in [0, 0.1) is 0 Å². The van der Waals surface area contributed by atoms with Crippen LogP contribution in [0.3, 0.4) is 0 Å². The first-order chi connectivity index (χ1) is 19.2. The molecule has 2 aromatic carbocycles. The molecule has 3 N–H and O–H groups in total. The van der Waals surface area contributed by atoms with Crippen LogP contribution in [0.2, 0.25) is 0 Å². The molecule has 0 atom stereocenters. The van der Waals surface area contributed by atoms with E-state index in [1.165, 1.54) is 0 Å². The Labute approximate surface area is 223 Å². The van der Waals surface area contributed by atoms with Gasteiger partial charge in [0.25, 0.3) is 5.91 Å². The maximum atomic E-state index is 12.7. The van der Waals surface area contributed by atoms with E-state index in [4.69, 9.17) is 9.40 Å². The largest absolute Gasteiger partial charge is 0.472 e. The van der Waals surface area contributed by atoms with Crippen LogP contribution in [0.1, 0.15) is 27.2 Å². The fraction of sp³-hybridized carbons (Fsp3) is 0.0312. The number of benzene rings is 2. The number of hydrogen-bond donors (Lipinski definition) is 3. The normalized spacial score (nSPS) is 12.7. The number of anilines is 1. The highest BCUT2D eigenvalue weighted by atomic mass is 16.3. The Morgan fingerprint density at radius 2 is 1.87 bits per heavy atom. The third-order valence-electron chi connectivity index (χ3n) is 6.86. The second kappa shape index (κ2) is 9.46. The summed E-state index contributed by atoms with van der Waals surface area (Å²) in [5.41, 5.74) is 10.6. The second-order valence-corrected chi connectivity index (χ2v) is 9.37. The topological polar surface area (TPSA) is 99.6 Å². The zero-order valence-electron chi connectivity index (χ0n) is 20.8. The van der Waals surface area contributed by atoms with Crippen molar-refractivity contribution in [3.05, 3.63) is 132 Å². The van der Waals surface area contributed by atoms with Gasteiger partial charge < -0.3 is 14.7 Å². The van der Waals surface area contributed by atoms with Gasteiger partial charge in [-0.2, -0.15) is 5.10 Å². The zero-order chi connectivity index (χ0) is 26.2. The highest BCUT2D eigenvalue weighted by Crippen LogP contribution is 2.35. The summed E-state index contributed by atoms with van der Waals surface area (Å²) in [5, 5.41) is 10.7. The number of amides is 1. The smallest absolute Gasteiger partial charge is 0.255 e. The molecule has 0 fully saturated rings. The van der Waals surface area contributed by atoms with E-state index in [9.17, 15) is 4.79 Å². The number of rotatable bonds is 5. The van der Waals surface area contributed by atoms with Crippen molar-refractivity contribution in [1.29, 1.82) is 0 Å². The summed E-state index contributed by atoms with van der Waals surface area (Å²) >= 11 is 0. The van der Waals surface area contributed by atoms with Gasteiger partial charge in [0.05, 0.1) is 29.4 Å². The van der Waals surface area contributed by atoms with E-state index in [0.29, 0.717) is 11.3 Å². The molecule has 1 aliphatic rings. The summed E-state index contributed by atoms with van der Waals surface area (Å²) < 4.78 is 5.34. The Balaban J connectivity index is 1.23. The number of aromatic nitrogens is 4. The number of fused-ring (bicyclic) bond motifs is 2. The Kier molecular flexibility index (Phi) is 5.52. The fourth-order valence-corrected chi connectivity index (χ4v) is 4.93. The minimum Gasteiger partial charge on any atom is -0.472 e. The van der Waals surface area contributed by atoms with Crippen LogP contribution < -0.4 is 5.32 Å². The highest BCUT2D eigenvalue weighted by Gasteiger charge is 2.20. The van der Waals surface area contributed by atoms with Gasteiger partial charge in [-0.1, -0.05) is 48.6 Å². The van der Waals surface area contributed by atoms with Gasteiger partial charge in [-0.3, -0.25) is 9.89 Å². The number of allylic oxidation sites excluding steroid dienone is 3. The van der Waals surface area contributed by atoms with Gasteiger partial charge in [0.1, 0.15) is 11.2 Å². The average molecular weight is 510 g/mol. The molecule has 1 amide bonds. The van der Waals surface area contributed by atoms with Crippen molar-refractivity contribution in [3.63, 3.8) is 0 Å². The van der Waals surface area contributed by atoms with Crippen LogP contribution in [0.5, 0.6) is 0 Å². The minimum atomic E-state index is -0.154. The van der Waals surface area contributed by atoms with E-state index in [0.717, 1.165) is 62.5 Å². The Morgan fingerprint density at radius 3 is 2.74 bits per heavy atom. The van der Waals surface area contributed by atoms with Gasteiger partial charge in [-0.15, -0.1) is 0 Å². The summed E-state index contributed by atoms with van der Waals surface area (Å²) in [4.78, 5) is 21.2. The Morgan fingerprint density at radius 1 is 0.949 bits per heavy atom. The maximum absolute atomic E-state index is 12.7. The van der Waals surface area contributed by atoms with Crippen LogP contribution in [0.4, 0.5) is 5.69 Å². The second-order valence-electron chi connectivity index (χ2n) is 9.37. The average Bonchev–Trinajstić information content (AvgIpc) is 3.72. The summed E-state index contributed by atoms with van der Waals surface area (Å²) in [7, 11) is 0. The van der Waals surface area contributed by atoms with E-state index in [-0.39, 0.29) is 5.91 Å². The lowest BCUT2D eigenvalue weighted by atomic mass is 10.00. The molecule has 7 heteroatoms. The molecule has 0 spiro atoms. The number of carbonyl (C=O) groups excluding carboxylic acids is 1. The van der Waals surface area contributed by atoms with Crippen molar-refractivity contribution in [1.82, 2.24) is 20.2 Å². The molecule has 7 nitrogen and oxygen atoms in total. The molecule has 1 aliphatic carbocycles. The molecule has 39 heavy (non-hydrogen) atoms. The molecular formula is C32H23N5O2. The van der Waals surface area contributed by atoms with Gasteiger partial charge in [0.15, 0.2) is 0 Å². The molecule has 6 aromatic rings. The molecule has 7 rings (SSSR count). The third-order valence-corrected chi connectivity index (χ3v) is 6.86. The molecule has 0 radical (unpaired) electrons. The van der Waals surface area contributed by atoms with Crippen molar-refractivity contribution in [3.8, 4) is 22.6 Å². The minimum absolute atomic E-state index is 0.154. The van der Waals surface area contributed by atoms with Crippen LogP contribution in [0.15, 0.2) is 114 Å². The van der Waals surface area contributed by atoms with Crippen molar-refractivity contribution in [2.45, 2.75) is 6.42 Å². The number of nitrogens with one attached hydrogen (secondary N) is 3. The van der Waals surface area contributed by atoms with Crippen LogP contribution in [-0.4, -0.2) is 26.1 Å². The summed E-state index contributed by atoms with van der Waals surface area (Å²) in [6, 6.07) is 24.9. The maximum Gasteiger partial charge on any atom is 0.255 e. The number of H-pyrrole nitrogens is 2. The first-order valence-corrected chi connectivity index (χ1v) is 12.7. The molecule has 0 saturated heterocycles. The van der Waals surface area contributed by atoms with Crippen molar-refractivity contribution in [2.24, 2.45) is 0 Å². The van der Waals surface area contributed by atoms with E-state index < -0.39 is 0 Å². The molecule has 0 saturated carbocycles. The lowest BCUT2D eigenvalue weighted by Crippen LogP contribution is -2.11. The number of nitrogens with zero attached hydrogens (tertiary/aromatic N) is 2. The third kappa shape index (κ3) is 4.26. The summed E-state index contributed by atoms with van der Waals surface area (Å²) in [6.45, 7) is 0. The number of pyridine rings is 1. The summed E-state index contributed by atoms with van der Waals surface area (Å²) in [6.07, 6.45) is 10.5. The van der Waals surface area contributed by atoms with Gasteiger partial charge >= 0.3 is 0 Å². The number of aromatic amines is 2. The molecule has 188 valence electrons. The quantitative estimate of drug-likeness (QED) is 0.233. The first kappa shape index (κ1) is 22.7. The molecule has 4 aromatic heterocycles. The number of carbonyl (C=O) groups is 1. The lowest BCUT2D eigenvalue weighted by Gasteiger charge is -2.08. The predicted molar refractivity (Wildman–Crippen MR) is 152 cm³/mol. The number of hydrogen-bond acceptors (Lipinski definition) is 4. The van der Waals surface area contributed by atoms with Gasteiger partial charge in [0, 0.05) is 40.1 Å². The van der Waals surface area contributed by atoms with E-state index in [1.807, 2.05) is 60.7 Å². The van der Waals surface area contributed by atoms with Gasteiger partial charge in [-0.05, 0) is 54.1 Å². The van der Waals surface area contributed by atoms with Crippen LogP contribution in [0.25, 0.3) is 39.3 Å². The van der Waals surface area contributed by atoms with Crippen molar-refractivity contribution >= 4 is 28.2 Å². The molecule has 0 unspecified atom stereocenters. The molecule has 0 aliphatic heterocycles. The van der Waals surface area contributed by atoms with Crippen LogP contribution >= 0.6 is 0 Å². The Bertz CT molecular complexity index is 1870. The first-order valence-electron chi connectivity index (χ1n) is 12.7. The van der Waals surface area contributed by atoms with Gasteiger partial charge in [-0.25, -0.2) is 4.98 Å². The summed E-state index contributed by atoms with van der Waals surface area (Å²) in [5.74, 6) is -0.154. The van der Waals surface area contributed by atoms with E-state index in [2.05, 4.69) is 44.8 Å². The monoisotopic (exact) mass is 509 g/mol. The predicted octanol–water partition coefficient (Wildman–Crippen LogP) is 7.01.